The highest BCUT2D eigenvalue weighted by Gasteiger charge is 2.26. The first-order valence-corrected chi connectivity index (χ1v) is 8.64. The second kappa shape index (κ2) is 6.99. The van der Waals surface area contributed by atoms with Gasteiger partial charge in [-0.05, 0) is 34.2 Å². The molecule has 2 aromatic rings. The summed E-state index contributed by atoms with van der Waals surface area (Å²) in [4.78, 5) is 12.2. The van der Waals surface area contributed by atoms with Crippen LogP contribution in [0.2, 0.25) is 0 Å². The van der Waals surface area contributed by atoms with Gasteiger partial charge in [-0.1, -0.05) is 80.4 Å². The standard InChI is InChI=1S/C15H11Br2IO/c16-13(10-6-2-1-3-7-10)14(17)15(19)11-8-4-5-9-12(11)18/h1-9,13-14H. The number of rotatable bonds is 4. The number of carbonyl (C=O) groups excluding carboxylic acids is 1. The summed E-state index contributed by atoms with van der Waals surface area (Å²) in [6.07, 6.45) is 0. The van der Waals surface area contributed by atoms with Crippen molar-refractivity contribution in [2.45, 2.75) is 9.65 Å². The molecule has 0 fully saturated rings. The molecule has 0 aliphatic heterocycles. The first kappa shape index (κ1) is 15.2. The predicted molar refractivity (Wildman–Crippen MR) is 94.3 cm³/mol. The van der Waals surface area contributed by atoms with E-state index in [-0.39, 0.29) is 15.4 Å². The van der Waals surface area contributed by atoms with Crippen LogP contribution in [0, 0.1) is 3.57 Å². The lowest BCUT2D eigenvalue weighted by Gasteiger charge is -2.16. The van der Waals surface area contributed by atoms with Crippen LogP contribution in [0.15, 0.2) is 54.6 Å². The molecule has 0 aromatic heterocycles. The highest BCUT2D eigenvalue weighted by Crippen LogP contribution is 2.33. The predicted octanol–water partition coefficient (Wildman–Crippen LogP) is 5.37. The summed E-state index contributed by atoms with van der Waals surface area (Å²) in [5.41, 5.74) is 1.84. The van der Waals surface area contributed by atoms with Crippen molar-refractivity contribution in [3.8, 4) is 0 Å². The van der Waals surface area contributed by atoms with Crippen molar-refractivity contribution in [3.05, 3.63) is 69.3 Å². The molecule has 4 heteroatoms. The Morgan fingerprint density at radius 1 is 0.947 bits per heavy atom. The maximum absolute atomic E-state index is 12.5. The SMILES string of the molecule is O=C(c1ccccc1I)C(Br)C(Br)c1ccccc1. The molecular formula is C15H11Br2IO. The minimum Gasteiger partial charge on any atom is -0.293 e. The van der Waals surface area contributed by atoms with Crippen molar-refractivity contribution in [1.82, 2.24) is 0 Å². The Hall–Kier alpha value is -0.200. The molecule has 0 aliphatic rings. The largest absolute Gasteiger partial charge is 0.293 e. The minimum atomic E-state index is -0.286. The van der Waals surface area contributed by atoms with Crippen LogP contribution in [0.25, 0.3) is 0 Å². The molecule has 0 spiro atoms. The number of ketones is 1. The van der Waals surface area contributed by atoms with Gasteiger partial charge in [0.2, 0.25) is 0 Å². The van der Waals surface area contributed by atoms with E-state index in [1.807, 2.05) is 54.6 Å². The molecule has 2 aromatic carbocycles. The molecule has 1 nitrogen and oxygen atoms in total. The normalized spacial score (nSPS) is 13.8. The molecule has 0 bridgehead atoms. The molecule has 0 radical (unpaired) electrons. The van der Waals surface area contributed by atoms with Gasteiger partial charge in [0.25, 0.3) is 0 Å². The quantitative estimate of drug-likeness (QED) is 0.318. The summed E-state index contributed by atoms with van der Waals surface area (Å²) in [6.45, 7) is 0. The summed E-state index contributed by atoms with van der Waals surface area (Å²) < 4.78 is 0.974. The van der Waals surface area contributed by atoms with E-state index < -0.39 is 0 Å². The van der Waals surface area contributed by atoms with E-state index in [4.69, 9.17) is 0 Å². The van der Waals surface area contributed by atoms with Gasteiger partial charge < -0.3 is 0 Å². The van der Waals surface area contributed by atoms with Crippen molar-refractivity contribution in [1.29, 1.82) is 0 Å². The smallest absolute Gasteiger partial charge is 0.179 e. The van der Waals surface area contributed by atoms with E-state index in [1.165, 1.54) is 0 Å². The van der Waals surface area contributed by atoms with Crippen LogP contribution >= 0.6 is 54.5 Å². The van der Waals surface area contributed by atoms with E-state index in [1.54, 1.807) is 0 Å². The van der Waals surface area contributed by atoms with Crippen LogP contribution in [0.1, 0.15) is 20.7 Å². The Kier molecular flexibility index (Phi) is 5.59. The monoisotopic (exact) mass is 492 g/mol. The second-order valence-corrected chi connectivity index (χ2v) is 7.19. The van der Waals surface area contributed by atoms with Crippen molar-refractivity contribution in [3.63, 3.8) is 0 Å². The van der Waals surface area contributed by atoms with Crippen LogP contribution in [-0.2, 0) is 0 Å². The molecular weight excluding hydrogens is 483 g/mol. The van der Waals surface area contributed by atoms with Gasteiger partial charge in [-0.15, -0.1) is 0 Å². The van der Waals surface area contributed by atoms with Gasteiger partial charge in [0.15, 0.2) is 5.78 Å². The summed E-state index contributed by atoms with van der Waals surface area (Å²) in [6, 6.07) is 17.6. The zero-order chi connectivity index (χ0) is 13.8. The fraction of sp³-hybridized carbons (Fsp3) is 0.133. The van der Waals surface area contributed by atoms with Gasteiger partial charge in [0, 0.05) is 9.13 Å². The van der Waals surface area contributed by atoms with Gasteiger partial charge in [0.05, 0.1) is 9.65 Å². The van der Waals surface area contributed by atoms with Crippen molar-refractivity contribution < 1.29 is 4.79 Å². The van der Waals surface area contributed by atoms with Gasteiger partial charge in [-0.25, -0.2) is 0 Å². The molecule has 98 valence electrons. The van der Waals surface area contributed by atoms with E-state index in [2.05, 4.69) is 54.5 Å². The lowest BCUT2D eigenvalue weighted by atomic mass is 10.0. The fourth-order valence-corrected chi connectivity index (χ4v) is 3.50. The van der Waals surface area contributed by atoms with Crippen LogP contribution in [0.3, 0.4) is 0 Å². The molecule has 2 rings (SSSR count). The Balaban J connectivity index is 2.23. The summed E-state index contributed by atoms with van der Waals surface area (Å²) >= 11 is 9.31. The summed E-state index contributed by atoms with van der Waals surface area (Å²) in [5, 5.41) is 0. The number of halogens is 3. The van der Waals surface area contributed by atoms with Crippen molar-refractivity contribution in [2.24, 2.45) is 0 Å². The lowest BCUT2D eigenvalue weighted by Crippen LogP contribution is -2.20. The van der Waals surface area contributed by atoms with E-state index in [9.17, 15) is 4.79 Å². The van der Waals surface area contributed by atoms with E-state index in [0.29, 0.717) is 0 Å². The van der Waals surface area contributed by atoms with Crippen LogP contribution in [-0.4, -0.2) is 10.6 Å². The maximum Gasteiger partial charge on any atom is 0.179 e. The topological polar surface area (TPSA) is 17.1 Å². The average Bonchev–Trinajstić information content (AvgIpc) is 2.46. The molecule has 2 atom stereocenters. The Bertz CT molecular complexity index is 571. The number of benzene rings is 2. The van der Waals surface area contributed by atoms with Crippen LogP contribution < -0.4 is 0 Å². The zero-order valence-corrected chi connectivity index (χ0v) is 15.2. The first-order chi connectivity index (χ1) is 9.11. The fourth-order valence-electron chi connectivity index (χ4n) is 1.75. The minimum absolute atomic E-state index is 0.0443. The van der Waals surface area contributed by atoms with Gasteiger partial charge in [-0.3, -0.25) is 4.79 Å². The van der Waals surface area contributed by atoms with Crippen LogP contribution in [0.5, 0.6) is 0 Å². The summed E-state index contributed by atoms with van der Waals surface area (Å²) in [5.74, 6) is 0.0933. The lowest BCUT2D eigenvalue weighted by molar-refractivity contribution is 0.0990. The molecule has 19 heavy (non-hydrogen) atoms. The maximum atomic E-state index is 12.5. The van der Waals surface area contributed by atoms with E-state index in [0.717, 1.165) is 14.7 Å². The van der Waals surface area contributed by atoms with Crippen molar-refractivity contribution in [2.75, 3.05) is 0 Å². The number of hydrogen-bond acceptors (Lipinski definition) is 1. The van der Waals surface area contributed by atoms with Gasteiger partial charge in [0.1, 0.15) is 0 Å². The number of Topliss-reactive ketones (excluding diaryl/α,β-unsaturated/α-hetero) is 1. The van der Waals surface area contributed by atoms with E-state index >= 15 is 0 Å². The molecule has 0 N–H and O–H groups in total. The average molecular weight is 494 g/mol. The molecule has 0 heterocycles. The molecule has 0 amide bonds. The number of hydrogen-bond donors (Lipinski definition) is 0. The zero-order valence-electron chi connectivity index (χ0n) is 9.89. The highest BCUT2D eigenvalue weighted by molar-refractivity contribution is 14.1. The Morgan fingerprint density at radius 2 is 1.53 bits per heavy atom. The molecule has 2 unspecified atom stereocenters. The molecule has 0 aliphatic carbocycles. The Morgan fingerprint density at radius 3 is 2.16 bits per heavy atom. The third-order valence-corrected chi connectivity index (χ3v) is 6.42. The van der Waals surface area contributed by atoms with Gasteiger partial charge >= 0.3 is 0 Å². The number of carbonyl (C=O) groups is 1. The second-order valence-electron chi connectivity index (χ2n) is 4.06. The summed E-state index contributed by atoms with van der Waals surface area (Å²) in [7, 11) is 0. The first-order valence-electron chi connectivity index (χ1n) is 5.73. The third-order valence-electron chi connectivity index (χ3n) is 2.76. The molecule has 0 saturated carbocycles. The van der Waals surface area contributed by atoms with Gasteiger partial charge in [-0.2, -0.15) is 0 Å². The molecule has 0 saturated heterocycles. The highest BCUT2D eigenvalue weighted by atomic mass is 127. The van der Waals surface area contributed by atoms with Crippen molar-refractivity contribution >= 4 is 60.2 Å². The third kappa shape index (κ3) is 3.67. The van der Waals surface area contributed by atoms with Crippen LogP contribution in [0.4, 0.5) is 0 Å². The Labute approximate surface area is 143 Å². The number of alkyl halides is 2.